The van der Waals surface area contributed by atoms with Crippen molar-refractivity contribution in [2.75, 3.05) is 56.7 Å². The van der Waals surface area contributed by atoms with Crippen LogP contribution < -0.4 is 15.0 Å². The predicted octanol–water partition coefficient (Wildman–Crippen LogP) is 5.42. The number of anilines is 2. The number of likely N-dealkylation sites (N-methyl/N-ethyl adjacent to an activating group) is 1. The van der Waals surface area contributed by atoms with E-state index >= 15 is 0 Å². The van der Waals surface area contributed by atoms with Gasteiger partial charge in [0, 0.05) is 48.9 Å². The van der Waals surface area contributed by atoms with Crippen molar-refractivity contribution in [3.63, 3.8) is 0 Å². The van der Waals surface area contributed by atoms with Gasteiger partial charge < -0.3 is 29.3 Å². The molecule has 0 spiro atoms. The minimum atomic E-state index is -0.728. The third kappa shape index (κ3) is 7.91. The quantitative estimate of drug-likeness (QED) is 0.260. The van der Waals surface area contributed by atoms with E-state index in [0.717, 1.165) is 42.1 Å². The number of nitrogens with zero attached hydrogens (tertiary/aromatic N) is 4. The molecule has 1 N–H and O–H groups in total. The molecule has 2 heterocycles. The number of benzene rings is 3. The number of hydrogen-bond acceptors (Lipinski definition) is 8. The number of fused-ring (bicyclic) bond motifs is 1. The van der Waals surface area contributed by atoms with Gasteiger partial charge in [0.25, 0.3) is 5.91 Å². The van der Waals surface area contributed by atoms with Crippen LogP contribution in [0, 0.1) is 0 Å². The highest BCUT2D eigenvalue weighted by molar-refractivity contribution is 6.09. The van der Waals surface area contributed by atoms with Crippen LogP contribution in [0.5, 0.6) is 5.75 Å². The zero-order chi connectivity index (χ0) is 30.4. The van der Waals surface area contributed by atoms with E-state index in [-0.39, 0.29) is 11.7 Å². The second kappa shape index (κ2) is 13.3. The fourth-order valence-corrected chi connectivity index (χ4v) is 4.77. The van der Waals surface area contributed by atoms with Gasteiger partial charge in [-0.15, -0.1) is 5.10 Å². The molecule has 0 atom stereocenters. The van der Waals surface area contributed by atoms with Crippen LogP contribution in [0.2, 0.25) is 0 Å². The van der Waals surface area contributed by atoms with Gasteiger partial charge >= 0.3 is 6.09 Å². The molecule has 1 aromatic heterocycles. The molecular formula is C33H39N5O5. The number of carbonyl (C=O) groups is 2. The molecule has 0 unspecified atom stereocenters. The maximum Gasteiger partial charge on any atom is 0.435 e. The summed E-state index contributed by atoms with van der Waals surface area (Å²) in [6.45, 7) is 10.5. The average Bonchev–Trinajstić information content (AvgIpc) is 3.35. The van der Waals surface area contributed by atoms with Gasteiger partial charge in [-0.1, -0.05) is 30.3 Å². The second-order valence-corrected chi connectivity index (χ2v) is 11.6. The number of amides is 1. The first kappa shape index (κ1) is 30.1. The lowest BCUT2D eigenvalue weighted by Crippen LogP contribution is -2.44. The van der Waals surface area contributed by atoms with Gasteiger partial charge in [-0.2, -0.15) is 4.68 Å². The topological polar surface area (TPSA) is 98.2 Å². The van der Waals surface area contributed by atoms with Crippen LogP contribution >= 0.6 is 0 Å². The van der Waals surface area contributed by atoms with Crippen LogP contribution in [-0.4, -0.2) is 78.7 Å². The SMILES string of the molecule is CN1CCN(c2ccc(C(=O)Nc3nn(C(=O)OC(C)(C)C)c4cc(OCCOCc5ccccc5)ccc34)cc2)CC1. The van der Waals surface area contributed by atoms with Gasteiger partial charge in [-0.25, -0.2) is 4.79 Å². The highest BCUT2D eigenvalue weighted by atomic mass is 16.6. The Hall–Kier alpha value is -4.41. The molecule has 43 heavy (non-hydrogen) atoms. The molecule has 0 radical (unpaired) electrons. The van der Waals surface area contributed by atoms with Crippen LogP contribution in [0.3, 0.4) is 0 Å². The molecule has 226 valence electrons. The van der Waals surface area contributed by atoms with Crippen LogP contribution in [0.1, 0.15) is 36.7 Å². The van der Waals surface area contributed by atoms with Crippen LogP contribution in [0.25, 0.3) is 10.9 Å². The van der Waals surface area contributed by atoms with Crippen molar-refractivity contribution in [3.8, 4) is 5.75 Å². The maximum absolute atomic E-state index is 13.2. The van der Waals surface area contributed by atoms with E-state index in [2.05, 4.69) is 27.3 Å². The normalized spacial score (nSPS) is 14.1. The number of piperazine rings is 1. The molecule has 10 heteroatoms. The first-order valence-corrected chi connectivity index (χ1v) is 14.5. The molecule has 10 nitrogen and oxygen atoms in total. The van der Waals surface area contributed by atoms with Crippen LogP contribution in [-0.2, 0) is 16.1 Å². The molecule has 0 aliphatic carbocycles. The molecule has 3 aromatic carbocycles. The van der Waals surface area contributed by atoms with Crippen molar-refractivity contribution < 1.29 is 23.8 Å². The lowest BCUT2D eigenvalue weighted by atomic mass is 10.1. The number of nitrogens with one attached hydrogen (secondary N) is 1. The lowest BCUT2D eigenvalue weighted by Gasteiger charge is -2.34. The lowest BCUT2D eigenvalue weighted by molar-refractivity contribution is 0.0522. The van der Waals surface area contributed by atoms with E-state index in [9.17, 15) is 9.59 Å². The molecule has 0 bridgehead atoms. The smallest absolute Gasteiger partial charge is 0.435 e. The van der Waals surface area contributed by atoms with Crippen LogP contribution in [0.15, 0.2) is 72.8 Å². The number of carbonyl (C=O) groups excluding carboxylic acids is 2. The zero-order valence-electron chi connectivity index (χ0n) is 25.2. The Labute approximate surface area is 252 Å². The summed E-state index contributed by atoms with van der Waals surface area (Å²) in [7, 11) is 2.12. The van der Waals surface area contributed by atoms with E-state index in [0.29, 0.717) is 42.0 Å². The third-order valence-corrected chi connectivity index (χ3v) is 7.06. The number of aromatic nitrogens is 2. The van der Waals surface area contributed by atoms with Gasteiger partial charge in [0.1, 0.15) is 18.0 Å². The number of hydrogen-bond donors (Lipinski definition) is 1. The summed E-state index contributed by atoms with van der Waals surface area (Å²) >= 11 is 0. The fraction of sp³-hybridized carbons (Fsp3) is 0.364. The largest absolute Gasteiger partial charge is 0.491 e. The van der Waals surface area contributed by atoms with Crippen molar-refractivity contribution >= 4 is 34.4 Å². The average molecular weight is 586 g/mol. The Morgan fingerprint density at radius 3 is 2.33 bits per heavy atom. The van der Waals surface area contributed by atoms with E-state index in [1.54, 1.807) is 39.0 Å². The molecule has 1 saturated heterocycles. The highest BCUT2D eigenvalue weighted by Gasteiger charge is 2.24. The summed E-state index contributed by atoms with van der Waals surface area (Å²) in [5.41, 5.74) is 2.40. The Bertz CT molecular complexity index is 1540. The number of ether oxygens (including phenoxy) is 3. The van der Waals surface area contributed by atoms with Crippen molar-refractivity contribution in [3.05, 3.63) is 83.9 Å². The summed E-state index contributed by atoms with van der Waals surface area (Å²) in [6, 6.07) is 22.7. The Kier molecular flexibility index (Phi) is 9.27. The first-order chi connectivity index (χ1) is 20.7. The Morgan fingerprint density at radius 2 is 1.63 bits per heavy atom. The van der Waals surface area contributed by atoms with Gasteiger partial charge in [-0.05, 0) is 69.8 Å². The summed E-state index contributed by atoms with van der Waals surface area (Å²) in [6.07, 6.45) is -0.655. The minimum absolute atomic E-state index is 0.256. The summed E-state index contributed by atoms with van der Waals surface area (Å²) in [5.74, 6) is 0.473. The van der Waals surface area contributed by atoms with Gasteiger partial charge in [0.2, 0.25) is 0 Å². The number of rotatable bonds is 9. The molecule has 1 aliphatic heterocycles. The summed E-state index contributed by atoms with van der Waals surface area (Å²) in [4.78, 5) is 30.9. The van der Waals surface area contributed by atoms with Gasteiger partial charge in [0.15, 0.2) is 5.82 Å². The molecule has 5 rings (SSSR count). The fourth-order valence-electron chi connectivity index (χ4n) is 4.77. The highest BCUT2D eigenvalue weighted by Crippen LogP contribution is 2.29. The maximum atomic E-state index is 13.2. The third-order valence-electron chi connectivity index (χ3n) is 7.06. The van der Waals surface area contributed by atoms with Crippen molar-refractivity contribution in [1.82, 2.24) is 14.7 Å². The molecular weight excluding hydrogens is 546 g/mol. The van der Waals surface area contributed by atoms with Crippen molar-refractivity contribution in [2.24, 2.45) is 0 Å². The van der Waals surface area contributed by atoms with E-state index in [1.165, 1.54) is 0 Å². The van der Waals surface area contributed by atoms with Crippen molar-refractivity contribution in [2.45, 2.75) is 33.0 Å². The van der Waals surface area contributed by atoms with E-state index < -0.39 is 11.7 Å². The Morgan fingerprint density at radius 1 is 0.907 bits per heavy atom. The first-order valence-electron chi connectivity index (χ1n) is 14.5. The minimum Gasteiger partial charge on any atom is -0.491 e. The monoisotopic (exact) mass is 585 g/mol. The Balaban J connectivity index is 1.29. The zero-order valence-corrected chi connectivity index (χ0v) is 25.2. The van der Waals surface area contributed by atoms with Crippen molar-refractivity contribution in [1.29, 1.82) is 0 Å². The summed E-state index contributed by atoms with van der Waals surface area (Å²) < 4.78 is 18.4. The van der Waals surface area contributed by atoms with E-state index in [4.69, 9.17) is 14.2 Å². The van der Waals surface area contributed by atoms with E-state index in [1.807, 2.05) is 54.6 Å². The molecule has 4 aromatic rings. The molecule has 1 amide bonds. The van der Waals surface area contributed by atoms with Gasteiger partial charge in [-0.3, -0.25) is 4.79 Å². The predicted molar refractivity (Wildman–Crippen MR) is 167 cm³/mol. The second-order valence-electron chi connectivity index (χ2n) is 11.6. The molecule has 1 aliphatic rings. The summed E-state index contributed by atoms with van der Waals surface area (Å²) in [5, 5.41) is 7.90. The van der Waals surface area contributed by atoms with Gasteiger partial charge in [0.05, 0.1) is 18.7 Å². The van der Waals surface area contributed by atoms with Crippen LogP contribution in [0.4, 0.5) is 16.3 Å². The standard InChI is InChI=1S/C33H39N5O5/c1-33(2,3)43-32(40)38-29-22-27(42-21-20-41-23-24-8-6-5-7-9-24)14-15-28(29)30(35-38)34-31(39)25-10-12-26(13-11-25)37-18-16-36(4)17-19-37/h5-15,22H,16-21,23H2,1-4H3,(H,34,35,39). The molecule has 0 saturated carbocycles. The molecule has 1 fully saturated rings.